The fourth-order valence-electron chi connectivity index (χ4n) is 2.03. The SMILES string of the molecule is COc1ccc(CC(Br)c2cc(C)cc(F)c2)cc1. The molecule has 0 spiro atoms. The Hall–Kier alpha value is -1.35. The molecule has 0 amide bonds. The minimum atomic E-state index is -0.186. The van der Waals surface area contributed by atoms with Crippen LogP contribution in [0.15, 0.2) is 42.5 Å². The summed E-state index contributed by atoms with van der Waals surface area (Å²) >= 11 is 3.63. The second kappa shape index (κ2) is 6.20. The number of ether oxygens (including phenoxy) is 1. The van der Waals surface area contributed by atoms with E-state index in [2.05, 4.69) is 15.9 Å². The number of rotatable bonds is 4. The first kappa shape index (κ1) is 14.1. The quantitative estimate of drug-likeness (QED) is 0.733. The Bertz CT molecular complexity index is 531. The molecule has 0 radical (unpaired) electrons. The van der Waals surface area contributed by atoms with Crippen LogP contribution in [-0.2, 0) is 6.42 Å². The predicted octanol–water partition coefficient (Wildman–Crippen LogP) is 4.82. The number of benzene rings is 2. The third-order valence-corrected chi connectivity index (χ3v) is 3.85. The van der Waals surface area contributed by atoms with Gasteiger partial charge in [0.1, 0.15) is 11.6 Å². The largest absolute Gasteiger partial charge is 0.497 e. The Labute approximate surface area is 121 Å². The summed E-state index contributed by atoms with van der Waals surface area (Å²) in [6, 6.07) is 13.1. The molecule has 100 valence electrons. The van der Waals surface area contributed by atoms with Crippen molar-refractivity contribution in [2.24, 2.45) is 0 Å². The van der Waals surface area contributed by atoms with Crippen molar-refractivity contribution in [3.8, 4) is 5.75 Å². The average Bonchev–Trinajstić information content (AvgIpc) is 2.38. The van der Waals surface area contributed by atoms with Gasteiger partial charge in [0.2, 0.25) is 0 Å². The smallest absolute Gasteiger partial charge is 0.123 e. The Morgan fingerprint density at radius 2 is 1.84 bits per heavy atom. The van der Waals surface area contributed by atoms with Crippen LogP contribution in [0.5, 0.6) is 5.75 Å². The zero-order valence-corrected chi connectivity index (χ0v) is 12.6. The summed E-state index contributed by atoms with van der Waals surface area (Å²) in [7, 11) is 1.65. The molecular weight excluding hydrogens is 307 g/mol. The molecule has 1 unspecified atom stereocenters. The van der Waals surface area contributed by atoms with Gasteiger partial charge >= 0.3 is 0 Å². The maximum absolute atomic E-state index is 13.4. The van der Waals surface area contributed by atoms with Gasteiger partial charge in [-0.2, -0.15) is 0 Å². The van der Waals surface area contributed by atoms with Gasteiger partial charge in [0, 0.05) is 4.83 Å². The van der Waals surface area contributed by atoms with Gasteiger partial charge in [0.25, 0.3) is 0 Å². The minimum Gasteiger partial charge on any atom is -0.497 e. The van der Waals surface area contributed by atoms with Gasteiger partial charge in [-0.05, 0) is 54.3 Å². The molecule has 0 bridgehead atoms. The predicted molar refractivity (Wildman–Crippen MR) is 79.5 cm³/mol. The maximum atomic E-state index is 13.4. The van der Waals surface area contributed by atoms with E-state index in [1.807, 2.05) is 37.3 Å². The lowest BCUT2D eigenvalue weighted by atomic mass is 10.0. The first-order valence-corrected chi connectivity index (χ1v) is 7.04. The topological polar surface area (TPSA) is 9.23 Å². The Kier molecular flexibility index (Phi) is 4.59. The van der Waals surface area contributed by atoms with Crippen LogP contribution < -0.4 is 4.74 Å². The van der Waals surface area contributed by atoms with E-state index in [0.29, 0.717) is 0 Å². The van der Waals surface area contributed by atoms with Crippen molar-refractivity contribution >= 4 is 15.9 Å². The molecule has 0 aromatic heterocycles. The summed E-state index contributed by atoms with van der Waals surface area (Å²) in [5.74, 6) is 0.658. The highest BCUT2D eigenvalue weighted by molar-refractivity contribution is 9.09. The van der Waals surface area contributed by atoms with Crippen molar-refractivity contribution in [3.63, 3.8) is 0 Å². The highest BCUT2D eigenvalue weighted by Crippen LogP contribution is 2.29. The number of halogens is 2. The van der Waals surface area contributed by atoms with Crippen LogP contribution in [-0.4, -0.2) is 7.11 Å². The van der Waals surface area contributed by atoms with Crippen LogP contribution in [0.1, 0.15) is 21.5 Å². The number of methoxy groups -OCH3 is 1. The van der Waals surface area contributed by atoms with E-state index in [1.54, 1.807) is 13.2 Å². The van der Waals surface area contributed by atoms with Gasteiger partial charge < -0.3 is 4.74 Å². The maximum Gasteiger partial charge on any atom is 0.123 e. The van der Waals surface area contributed by atoms with E-state index in [9.17, 15) is 4.39 Å². The molecule has 0 N–H and O–H groups in total. The Balaban J connectivity index is 2.13. The normalized spacial score (nSPS) is 12.2. The van der Waals surface area contributed by atoms with E-state index >= 15 is 0 Å². The summed E-state index contributed by atoms with van der Waals surface area (Å²) in [5, 5.41) is 0. The minimum absolute atomic E-state index is 0.107. The van der Waals surface area contributed by atoms with E-state index in [1.165, 1.54) is 11.6 Å². The molecular formula is C16H16BrFO. The fraction of sp³-hybridized carbons (Fsp3) is 0.250. The van der Waals surface area contributed by atoms with Crippen LogP contribution in [0, 0.1) is 12.7 Å². The van der Waals surface area contributed by atoms with Crippen LogP contribution in [0.25, 0.3) is 0 Å². The molecule has 2 aromatic rings. The van der Waals surface area contributed by atoms with Crippen molar-refractivity contribution in [2.75, 3.05) is 7.11 Å². The summed E-state index contributed by atoms with van der Waals surface area (Å²) in [4.78, 5) is 0.107. The molecule has 0 saturated carbocycles. The van der Waals surface area contributed by atoms with Crippen LogP contribution in [0.3, 0.4) is 0 Å². The zero-order valence-electron chi connectivity index (χ0n) is 11.0. The molecule has 0 saturated heterocycles. The van der Waals surface area contributed by atoms with Crippen molar-refractivity contribution in [3.05, 3.63) is 65.0 Å². The monoisotopic (exact) mass is 322 g/mol. The lowest BCUT2D eigenvalue weighted by molar-refractivity contribution is 0.414. The summed E-state index contributed by atoms with van der Waals surface area (Å²) in [6.45, 7) is 1.90. The summed E-state index contributed by atoms with van der Waals surface area (Å²) < 4.78 is 18.5. The van der Waals surface area contributed by atoms with Crippen LogP contribution >= 0.6 is 15.9 Å². The van der Waals surface area contributed by atoms with E-state index < -0.39 is 0 Å². The van der Waals surface area contributed by atoms with Crippen LogP contribution in [0.2, 0.25) is 0 Å². The number of hydrogen-bond acceptors (Lipinski definition) is 1. The molecule has 0 aliphatic heterocycles. The van der Waals surface area contributed by atoms with Gasteiger partial charge in [0.05, 0.1) is 7.11 Å². The fourth-order valence-corrected chi connectivity index (χ4v) is 2.67. The van der Waals surface area contributed by atoms with Gasteiger partial charge in [-0.15, -0.1) is 0 Å². The van der Waals surface area contributed by atoms with Gasteiger partial charge in [-0.1, -0.05) is 34.1 Å². The van der Waals surface area contributed by atoms with E-state index in [-0.39, 0.29) is 10.6 Å². The van der Waals surface area contributed by atoms with Gasteiger partial charge in [-0.3, -0.25) is 0 Å². The molecule has 3 heteroatoms. The first-order chi connectivity index (χ1) is 9.08. The molecule has 19 heavy (non-hydrogen) atoms. The second-order valence-corrected chi connectivity index (χ2v) is 5.69. The molecule has 0 aliphatic rings. The molecule has 0 aliphatic carbocycles. The molecule has 2 rings (SSSR count). The molecule has 0 fully saturated rings. The highest BCUT2D eigenvalue weighted by atomic mass is 79.9. The standard InChI is InChI=1S/C16H16BrFO/c1-11-7-13(10-14(18)8-11)16(17)9-12-3-5-15(19-2)6-4-12/h3-8,10,16H,9H2,1-2H3. The molecule has 2 aromatic carbocycles. The first-order valence-electron chi connectivity index (χ1n) is 6.12. The Morgan fingerprint density at radius 1 is 1.16 bits per heavy atom. The molecule has 0 heterocycles. The van der Waals surface area contributed by atoms with Crippen molar-refractivity contribution in [1.82, 2.24) is 0 Å². The van der Waals surface area contributed by atoms with Gasteiger partial charge in [-0.25, -0.2) is 4.39 Å². The third kappa shape index (κ3) is 3.80. The molecule has 1 nitrogen and oxygen atoms in total. The lowest BCUT2D eigenvalue weighted by Crippen LogP contribution is -1.97. The number of alkyl halides is 1. The zero-order chi connectivity index (χ0) is 13.8. The summed E-state index contributed by atoms with van der Waals surface area (Å²) in [6.07, 6.45) is 0.812. The summed E-state index contributed by atoms with van der Waals surface area (Å²) in [5.41, 5.74) is 3.09. The lowest BCUT2D eigenvalue weighted by Gasteiger charge is -2.12. The van der Waals surface area contributed by atoms with Gasteiger partial charge in [0.15, 0.2) is 0 Å². The van der Waals surface area contributed by atoms with E-state index in [4.69, 9.17) is 4.74 Å². The highest BCUT2D eigenvalue weighted by Gasteiger charge is 2.10. The van der Waals surface area contributed by atoms with E-state index in [0.717, 1.165) is 23.3 Å². The van der Waals surface area contributed by atoms with Crippen molar-refractivity contribution < 1.29 is 9.13 Å². The Morgan fingerprint density at radius 3 is 2.42 bits per heavy atom. The number of hydrogen-bond donors (Lipinski definition) is 0. The number of aryl methyl sites for hydroxylation is 1. The second-order valence-electron chi connectivity index (χ2n) is 4.58. The van der Waals surface area contributed by atoms with Crippen molar-refractivity contribution in [1.29, 1.82) is 0 Å². The van der Waals surface area contributed by atoms with Crippen molar-refractivity contribution in [2.45, 2.75) is 18.2 Å². The van der Waals surface area contributed by atoms with Crippen LogP contribution in [0.4, 0.5) is 4.39 Å². The third-order valence-electron chi connectivity index (χ3n) is 3.00. The molecule has 1 atom stereocenters. The average molecular weight is 323 g/mol.